The van der Waals surface area contributed by atoms with Crippen LogP contribution < -0.4 is 10.6 Å². The van der Waals surface area contributed by atoms with Crippen molar-refractivity contribution >= 4 is 23.4 Å². The number of benzene rings is 2. The molecule has 0 spiro atoms. The molecule has 0 aliphatic heterocycles. The van der Waals surface area contributed by atoms with Gasteiger partial charge in [-0.05, 0) is 49.6 Å². The summed E-state index contributed by atoms with van der Waals surface area (Å²) in [5.41, 5.74) is 3.25. The molecular formula is C23H29N3O3. The average Bonchev–Trinajstić information content (AvgIpc) is 2.65. The maximum absolute atomic E-state index is 12.8. The number of hydrogen-bond donors (Lipinski definition) is 2. The van der Waals surface area contributed by atoms with Crippen molar-refractivity contribution in [1.29, 1.82) is 0 Å². The van der Waals surface area contributed by atoms with Crippen LogP contribution in [0.3, 0.4) is 0 Å². The second kappa shape index (κ2) is 10.4. The number of anilines is 1. The van der Waals surface area contributed by atoms with E-state index in [-0.39, 0.29) is 36.7 Å². The molecule has 2 N–H and O–H groups in total. The molecule has 0 fully saturated rings. The Morgan fingerprint density at radius 3 is 2.21 bits per heavy atom. The lowest BCUT2D eigenvalue weighted by molar-refractivity contribution is -0.124. The number of carbonyl (C=O) groups excluding carboxylic acids is 3. The molecule has 2 aromatic rings. The lowest BCUT2D eigenvalue weighted by Crippen LogP contribution is -2.44. The van der Waals surface area contributed by atoms with Gasteiger partial charge in [0.25, 0.3) is 5.91 Å². The molecule has 154 valence electrons. The zero-order valence-corrected chi connectivity index (χ0v) is 17.5. The van der Waals surface area contributed by atoms with Crippen LogP contribution in [0.2, 0.25) is 0 Å². The standard InChI is InChI=1S/C23H29N3O3/c1-16(2)14-26(23(29)19-9-5-7-17(3)11-19)15-22(28)24-13-21(27)25-20-10-6-8-18(4)12-20/h5-12,16H,13-15H2,1-4H3,(H,24,28)(H,25,27). The highest BCUT2D eigenvalue weighted by molar-refractivity contribution is 5.98. The summed E-state index contributed by atoms with van der Waals surface area (Å²) in [6, 6.07) is 14.7. The molecule has 0 unspecified atom stereocenters. The number of nitrogens with zero attached hydrogens (tertiary/aromatic N) is 1. The van der Waals surface area contributed by atoms with Gasteiger partial charge in [0.1, 0.15) is 0 Å². The van der Waals surface area contributed by atoms with E-state index in [4.69, 9.17) is 0 Å². The number of aryl methyl sites for hydroxylation is 2. The monoisotopic (exact) mass is 395 g/mol. The Kier molecular flexibility index (Phi) is 7.95. The molecule has 0 radical (unpaired) electrons. The molecule has 6 heteroatoms. The number of carbonyl (C=O) groups is 3. The smallest absolute Gasteiger partial charge is 0.254 e. The minimum Gasteiger partial charge on any atom is -0.345 e. The van der Waals surface area contributed by atoms with Crippen molar-refractivity contribution in [3.63, 3.8) is 0 Å². The van der Waals surface area contributed by atoms with Crippen LogP contribution >= 0.6 is 0 Å². The summed E-state index contributed by atoms with van der Waals surface area (Å²) < 4.78 is 0. The van der Waals surface area contributed by atoms with E-state index in [1.54, 1.807) is 12.1 Å². The molecule has 0 atom stereocenters. The Hall–Kier alpha value is -3.15. The molecular weight excluding hydrogens is 366 g/mol. The number of nitrogens with one attached hydrogen (secondary N) is 2. The molecule has 6 nitrogen and oxygen atoms in total. The molecule has 3 amide bonds. The van der Waals surface area contributed by atoms with Crippen LogP contribution in [0.5, 0.6) is 0 Å². The predicted molar refractivity (Wildman–Crippen MR) is 115 cm³/mol. The van der Waals surface area contributed by atoms with E-state index in [0.29, 0.717) is 17.8 Å². The largest absolute Gasteiger partial charge is 0.345 e. The molecule has 0 bridgehead atoms. The van der Waals surface area contributed by atoms with Crippen LogP contribution in [0.1, 0.15) is 35.3 Å². The molecule has 2 rings (SSSR count). The van der Waals surface area contributed by atoms with Crippen molar-refractivity contribution in [3.05, 3.63) is 65.2 Å². The normalized spacial score (nSPS) is 10.5. The van der Waals surface area contributed by atoms with Crippen LogP contribution in [-0.4, -0.2) is 42.3 Å². The zero-order chi connectivity index (χ0) is 21.4. The molecule has 0 saturated carbocycles. The highest BCUT2D eigenvalue weighted by Crippen LogP contribution is 2.10. The minimum atomic E-state index is -0.369. The van der Waals surface area contributed by atoms with Crippen LogP contribution in [0.4, 0.5) is 5.69 Å². The van der Waals surface area contributed by atoms with Crippen LogP contribution in [0.25, 0.3) is 0 Å². The highest BCUT2D eigenvalue weighted by Gasteiger charge is 2.20. The molecule has 2 aromatic carbocycles. The van der Waals surface area contributed by atoms with Crippen molar-refractivity contribution in [3.8, 4) is 0 Å². The highest BCUT2D eigenvalue weighted by atomic mass is 16.2. The van der Waals surface area contributed by atoms with Crippen molar-refractivity contribution in [1.82, 2.24) is 10.2 Å². The summed E-state index contributed by atoms with van der Waals surface area (Å²) in [5, 5.41) is 5.34. The van der Waals surface area contributed by atoms with Gasteiger partial charge in [-0.3, -0.25) is 14.4 Å². The van der Waals surface area contributed by atoms with E-state index in [1.807, 2.05) is 64.1 Å². The van der Waals surface area contributed by atoms with E-state index in [0.717, 1.165) is 11.1 Å². The predicted octanol–water partition coefficient (Wildman–Crippen LogP) is 3.16. The van der Waals surface area contributed by atoms with Gasteiger partial charge in [0.05, 0.1) is 13.1 Å². The summed E-state index contributed by atoms with van der Waals surface area (Å²) in [4.78, 5) is 38.8. The van der Waals surface area contributed by atoms with Crippen molar-refractivity contribution in [2.45, 2.75) is 27.7 Å². The fraction of sp³-hybridized carbons (Fsp3) is 0.348. The first-order chi connectivity index (χ1) is 13.7. The van der Waals surface area contributed by atoms with Gasteiger partial charge in [0.15, 0.2) is 0 Å². The lowest BCUT2D eigenvalue weighted by atomic mass is 10.1. The molecule has 29 heavy (non-hydrogen) atoms. The fourth-order valence-corrected chi connectivity index (χ4v) is 2.96. The first-order valence-electron chi connectivity index (χ1n) is 9.73. The summed E-state index contributed by atoms with van der Waals surface area (Å²) in [6.07, 6.45) is 0. The maximum Gasteiger partial charge on any atom is 0.254 e. The number of amides is 3. The quantitative estimate of drug-likeness (QED) is 0.721. The Balaban J connectivity index is 1.93. The summed E-state index contributed by atoms with van der Waals surface area (Å²) in [7, 11) is 0. The average molecular weight is 396 g/mol. The van der Waals surface area contributed by atoms with Crippen molar-refractivity contribution < 1.29 is 14.4 Å². The van der Waals surface area contributed by atoms with Gasteiger partial charge in [0.2, 0.25) is 11.8 Å². The molecule has 0 aliphatic carbocycles. The third-order valence-electron chi connectivity index (χ3n) is 4.22. The Labute approximate surface area is 172 Å². The van der Waals surface area contributed by atoms with Gasteiger partial charge in [-0.2, -0.15) is 0 Å². The Morgan fingerprint density at radius 1 is 0.931 bits per heavy atom. The molecule has 0 aromatic heterocycles. The van der Waals surface area contributed by atoms with E-state index in [9.17, 15) is 14.4 Å². The summed E-state index contributed by atoms with van der Waals surface area (Å²) in [5.74, 6) is -0.668. The Bertz CT molecular complexity index is 877. The summed E-state index contributed by atoms with van der Waals surface area (Å²) >= 11 is 0. The first kappa shape index (κ1) is 22.1. The van der Waals surface area contributed by atoms with E-state index >= 15 is 0 Å². The minimum absolute atomic E-state index is 0.0946. The second-order valence-corrected chi connectivity index (χ2v) is 7.64. The third kappa shape index (κ3) is 7.41. The van der Waals surface area contributed by atoms with Gasteiger partial charge >= 0.3 is 0 Å². The molecule has 0 aliphatic rings. The van der Waals surface area contributed by atoms with Gasteiger partial charge in [-0.15, -0.1) is 0 Å². The van der Waals surface area contributed by atoms with Crippen molar-refractivity contribution in [2.24, 2.45) is 5.92 Å². The van der Waals surface area contributed by atoms with E-state index in [1.165, 1.54) is 4.90 Å². The zero-order valence-electron chi connectivity index (χ0n) is 17.5. The van der Waals surface area contributed by atoms with Crippen LogP contribution in [0, 0.1) is 19.8 Å². The van der Waals surface area contributed by atoms with Gasteiger partial charge in [-0.25, -0.2) is 0 Å². The summed E-state index contributed by atoms with van der Waals surface area (Å²) in [6.45, 7) is 8.04. The first-order valence-corrected chi connectivity index (χ1v) is 9.73. The fourth-order valence-electron chi connectivity index (χ4n) is 2.96. The van der Waals surface area contributed by atoms with E-state index < -0.39 is 0 Å². The van der Waals surface area contributed by atoms with Gasteiger partial charge < -0.3 is 15.5 Å². The Morgan fingerprint density at radius 2 is 1.59 bits per heavy atom. The second-order valence-electron chi connectivity index (χ2n) is 7.64. The van der Waals surface area contributed by atoms with Gasteiger partial charge in [-0.1, -0.05) is 43.7 Å². The topological polar surface area (TPSA) is 78.5 Å². The SMILES string of the molecule is Cc1cccc(NC(=O)CNC(=O)CN(CC(C)C)C(=O)c2cccc(C)c2)c1. The maximum atomic E-state index is 12.8. The van der Waals surface area contributed by atoms with E-state index in [2.05, 4.69) is 10.6 Å². The van der Waals surface area contributed by atoms with Crippen LogP contribution in [0.15, 0.2) is 48.5 Å². The molecule has 0 heterocycles. The lowest BCUT2D eigenvalue weighted by Gasteiger charge is -2.24. The molecule has 0 saturated heterocycles. The van der Waals surface area contributed by atoms with Crippen molar-refractivity contribution in [2.75, 3.05) is 25.0 Å². The van der Waals surface area contributed by atoms with Crippen LogP contribution in [-0.2, 0) is 9.59 Å². The number of rotatable bonds is 8. The number of hydrogen-bond acceptors (Lipinski definition) is 3. The van der Waals surface area contributed by atoms with Gasteiger partial charge in [0, 0.05) is 17.8 Å². The third-order valence-corrected chi connectivity index (χ3v) is 4.22.